The second kappa shape index (κ2) is 7.30. The van der Waals surface area contributed by atoms with Gasteiger partial charge in [-0.3, -0.25) is 4.79 Å². The van der Waals surface area contributed by atoms with Gasteiger partial charge < -0.3 is 9.42 Å². The lowest BCUT2D eigenvalue weighted by Gasteiger charge is -2.21. The maximum atomic E-state index is 13.2. The molecule has 0 aliphatic rings. The first-order valence-electron chi connectivity index (χ1n) is 7.81. The van der Waals surface area contributed by atoms with Crippen molar-refractivity contribution in [3.63, 3.8) is 0 Å². The zero-order valence-corrected chi connectivity index (χ0v) is 15.3. The molecule has 0 aliphatic heterocycles. The smallest absolute Gasteiger partial charge is 0.264 e. The number of carbonyl (C=O) groups is 1. The maximum absolute atomic E-state index is 13.2. The maximum Gasteiger partial charge on any atom is 0.264 e. The summed E-state index contributed by atoms with van der Waals surface area (Å²) in [7, 11) is 0. The summed E-state index contributed by atoms with van der Waals surface area (Å²) < 4.78 is 5.30. The number of rotatable bonds is 4. The fraction of sp³-hybridized carbons (Fsp3) is 0.158. The number of amides is 1. The number of carbonyl (C=O) groups excluding carboxylic acids is 1. The highest BCUT2D eigenvalue weighted by Crippen LogP contribution is 2.32. The van der Waals surface area contributed by atoms with E-state index in [1.54, 1.807) is 30.0 Å². The molecule has 0 bridgehead atoms. The van der Waals surface area contributed by atoms with Gasteiger partial charge in [0.05, 0.1) is 5.02 Å². The molecule has 1 amide bonds. The van der Waals surface area contributed by atoms with E-state index in [0.29, 0.717) is 39.2 Å². The highest BCUT2D eigenvalue weighted by Gasteiger charge is 2.27. The summed E-state index contributed by atoms with van der Waals surface area (Å²) in [6.07, 6.45) is 0. The Kier molecular flexibility index (Phi) is 5.11. The van der Waals surface area contributed by atoms with E-state index in [1.165, 1.54) is 0 Å². The molecule has 3 rings (SSSR count). The van der Waals surface area contributed by atoms with E-state index in [9.17, 15) is 4.79 Å². The van der Waals surface area contributed by atoms with Gasteiger partial charge in [0.25, 0.3) is 5.91 Å². The van der Waals surface area contributed by atoms with Gasteiger partial charge in [-0.05, 0) is 44.2 Å². The van der Waals surface area contributed by atoms with Crippen LogP contribution in [0.2, 0.25) is 10.0 Å². The van der Waals surface area contributed by atoms with Crippen molar-refractivity contribution < 1.29 is 9.32 Å². The van der Waals surface area contributed by atoms with E-state index in [-0.39, 0.29) is 5.91 Å². The van der Waals surface area contributed by atoms with Crippen molar-refractivity contribution in [2.24, 2.45) is 0 Å². The average Bonchev–Trinajstić information content (AvgIpc) is 2.99. The lowest BCUT2D eigenvalue weighted by atomic mass is 10.0. The van der Waals surface area contributed by atoms with Crippen LogP contribution in [0.15, 0.2) is 53.1 Å². The van der Waals surface area contributed by atoms with Gasteiger partial charge in [0, 0.05) is 22.8 Å². The molecule has 0 saturated carbocycles. The SMILES string of the molecule is CCN(C(=O)c1c(-c2ccccc2Cl)noc1C)c1ccc(Cl)cc1. The van der Waals surface area contributed by atoms with Crippen LogP contribution in [0.4, 0.5) is 5.69 Å². The number of hydrogen-bond acceptors (Lipinski definition) is 3. The van der Waals surface area contributed by atoms with Crippen molar-refractivity contribution in [1.29, 1.82) is 0 Å². The van der Waals surface area contributed by atoms with Crippen molar-refractivity contribution in [2.45, 2.75) is 13.8 Å². The van der Waals surface area contributed by atoms with E-state index in [4.69, 9.17) is 27.7 Å². The Bertz CT molecular complexity index is 904. The normalized spacial score (nSPS) is 10.7. The third-order valence-corrected chi connectivity index (χ3v) is 4.49. The quantitative estimate of drug-likeness (QED) is 0.594. The summed E-state index contributed by atoms with van der Waals surface area (Å²) in [5.74, 6) is 0.255. The summed E-state index contributed by atoms with van der Waals surface area (Å²) in [4.78, 5) is 14.8. The summed E-state index contributed by atoms with van der Waals surface area (Å²) in [5, 5.41) is 5.19. The summed E-state index contributed by atoms with van der Waals surface area (Å²) in [6, 6.07) is 14.4. The molecule has 3 aromatic rings. The van der Waals surface area contributed by atoms with Crippen LogP contribution in [0, 0.1) is 6.92 Å². The minimum Gasteiger partial charge on any atom is -0.360 e. The first-order chi connectivity index (χ1) is 12.0. The number of hydrogen-bond donors (Lipinski definition) is 0. The molecular weight excluding hydrogens is 359 g/mol. The largest absolute Gasteiger partial charge is 0.360 e. The summed E-state index contributed by atoms with van der Waals surface area (Å²) >= 11 is 12.2. The number of benzene rings is 2. The molecule has 0 N–H and O–H groups in total. The molecule has 1 aromatic heterocycles. The first kappa shape index (κ1) is 17.5. The van der Waals surface area contributed by atoms with Gasteiger partial charge >= 0.3 is 0 Å². The molecule has 25 heavy (non-hydrogen) atoms. The van der Waals surface area contributed by atoms with Crippen LogP contribution in [0.5, 0.6) is 0 Å². The second-order valence-electron chi connectivity index (χ2n) is 5.47. The van der Waals surface area contributed by atoms with Gasteiger partial charge in [0.15, 0.2) is 0 Å². The van der Waals surface area contributed by atoms with Crippen LogP contribution in [0.25, 0.3) is 11.3 Å². The van der Waals surface area contributed by atoms with Crippen molar-refractivity contribution in [3.8, 4) is 11.3 Å². The van der Waals surface area contributed by atoms with E-state index in [1.807, 2.05) is 37.3 Å². The minimum absolute atomic E-state index is 0.196. The molecule has 6 heteroatoms. The standard InChI is InChI=1S/C19H16Cl2N2O2/c1-3-23(14-10-8-13(20)9-11-14)19(24)17-12(2)25-22-18(17)15-6-4-5-7-16(15)21/h4-11H,3H2,1-2H3. The van der Waals surface area contributed by atoms with Gasteiger partial charge in [0.1, 0.15) is 17.0 Å². The Morgan fingerprint density at radius 1 is 1.12 bits per heavy atom. The van der Waals surface area contributed by atoms with Gasteiger partial charge in [-0.25, -0.2) is 0 Å². The third-order valence-electron chi connectivity index (χ3n) is 3.91. The molecule has 0 fully saturated rings. The lowest BCUT2D eigenvalue weighted by molar-refractivity contribution is 0.0987. The fourth-order valence-corrected chi connectivity index (χ4v) is 3.01. The Balaban J connectivity index is 2.06. The number of nitrogens with zero attached hydrogens (tertiary/aromatic N) is 2. The number of halogens is 2. The molecule has 2 aromatic carbocycles. The van der Waals surface area contributed by atoms with Gasteiger partial charge in [0.2, 0.25) is 0 Å². The van der Waals surface area contributed by atoms with Crippen molar-refractivity contribution in [3.05, 3.63) is 69.9 Å². The average molecular weight is 375 g/mol. The highest BCUT2D eigenvalue weighted by molar-refractivity contribution is 6.33. The Labute approximate surface area is 155 Å². The molecule has 0 atom stereocenters. The summed E-state index contributed by atoms with van der Waals surface area (Å²) in [6.45, 7) is 4.12. The van der Waals surface area contributed by atoms with Crippen LogP contribution < -0.4 is 4.90 Å². The number of aromatic nitrogens is 1. The molecule has 1 heterocycles. The Morgan fingerprint density at radius 3 is 2.44 bits per heavy atom. The molecule has 128 valence electrons. The predicted octanol–water partition coefficient (Wildman–Crippen LogP) is 5.62. The minimum atomic E-state index is -0.196. The van der Waals surface area contributed by atoms with E-state index in [2.05, 4.69) is 5.16 Å². The van der Waals surface area contributed by atoms with E-state index >= 15 is 0 Å². The van der Waals surface area contributed by atoms with Crippen molar-refractivity contribution in [2.75, 3.05) is 11.4 Å². The molecule has 0 unspecified atom stereocenters. The topological polar surface area (TPSA) is 46.3 Å². The number of anilines is 1. The van der Waals surface area contributed by atoms with Crippen LogP contribution in [0.1, 0.15) is 23.0 Å². The molecular formula is C19H16Cl2N2O2. The Hall–Kier alpha value is -2.30. The zero-order valence-electron chi connectivity index (χ0n) is 13.8. The monoisotopic (exact) mass is 374 g/mol. The first-order valence-corrected chi connectivity index (χ1v) is 8.57. The van der Waals surface area contributed by atoms with Crippen LogP contribution in [-0.2, 0) is 0 Å². The predicted molar refractivity (Wildman–Crippen MR) is 100 cm³/mol. The fourth-order valence-electron chi connectivity index (χ4n) is 2.66. The second-order valence-corrected chi connectivity index (χ2v) is 6.31. The molecule has 0 aliphatic carbocycles. The lowest BCUT2D eigenvalue weighted by Crippen LogP contribution is -2.31. The van der Waals surface area contributed by atoms with E-state index < -0.39 is 0 Å². The molecule has 4 nitrogen and oxygen atoms in total. The molecule has 0 radical (unpaired) electrons. The van der Waals surface area contributed by atoms with Crippen molar-refractivity contribution in [1.82, 2.24) is 5.16 Å². The van der Waals surface area contributed by atoms with Crippen LogP contribution >= 0.6 is 23.2 Å². The van der Waals surface area contributed by atoms with Gasteiger partial charge in [-0.1, -0.05) is 46.6 Å². The van der Waals surface area contributed by atoms with Crippen molar-refractivity contribution >= 4 is 34.8 Å². The van der Waals surface area contributed by atoms with Gasteiger partial charge in [-0.2, -0.15) is 0 Å². The third kappa shape index (κ3) is 3.41. The Morgan fingerprint density at radius 2 is 1.80 bits per heavy atom. The summed E-state index contributed by atoms with van der Waals surface area (Å²) in [5.41, 5.74) is 2.27. The number of aryl methyl sites for hydroxylation is 1. The zero-order chi connectivity index (χ0) is 18.0. The van der Waals surface area contributed by atoms with Crippen LogP contribution in [0.3, 0.4) is 0 Å². The molecule has 0 saturated heterocycles. The van der Waals surface area contributed by atoms with Gasteiger partial charge in [-0.15, -0.1) is 0 Å². The molecule has 0 spiro atoms. The van der Waals surface area contributed by atoms with Crippen LogP contribution in [-0.4, -0.2) is 17.6 Å². The van der Waals surface area contributed by atoms with E-state index in [0.717, 1.165) is 5.69 Å². The highest BCUT2D eigenvalue weighted by atomic mass is 35.5.